The predicted octanol–water partition coefficient (Wildman–Crippen LogP) is 4.65. The summed E-state index contributed by atoms with van der Waals surface area (Å²) in [6.45, 7) is 10.2. The maximum Gasteiger partial charge on any atom is 0.000789 e. The number of hydrogen-bond donors (Lipinski definition) is 1. The summed E-state index contributed by atoms with van der Waals surface area (Å²) < 4.78 is 0. The molecule has 1 aromatic rings. The minimum absolute atomic E-state index is 0.420. The monoisotopic (exact) mass is 261 g/mol. The smallest absolute Gasteiger partial charge is 0.000789 e. The van der Waals surface area contributed by atoms with Gasteiger partial charge in [0.2, 0.25) is 0 Å². The van der Waals surface area contributed by atoms with Crippen LogP contribution in [0.25, 0.3) is 0 Å². The fraction of sp³-hybridized carbons (Fsp3) is 0.667. The first kappa shape index (κ1) is 16.2. The quantitative estimate of drug-likeness (QED) is 0.718. The maximum atomic E-state index is 3.42. The summed E-state index contributed by atoms with van der Waals surface area (Å²) in [4.78, 5) is 0. The van der Waals surface area contributed by atoms with Crippen molar-refractivity contribution in [3.63, 3.8) is 0 Å². The molecule has 0 fully saturated rings. The van der Waals surface area contributed by atoms with Gasteiger partial charge in [0.05, 0.1) is 0 Å². The second-order valence-electron chi connectivity index (χ2n) is 6.09. The Labute approximate surface area is 119 Å². The zero-order chi connectivity index (χ0) is 14.3. The Morgan fingerprint density at radius 3 is 2.47 bits per heavy atom. The average Bonchev–Trinajstić information content (AvgIpc) is 2.40. The molecule has 0 aliphatic carbocycles. The first-order valence-corrected chi connectivity index (χ1v) is 7.77. The van der Waals surface area contributed by atoms with Gasteiger partial charge in [-0.2, -0.15) is 0 Å². The highest BCUT2D eigenvalue weighted by molar-refractivity contribution is 5.31. The van der Waals surface area contributed by atoms with E-state index in [1.54, 1.807) is 0 Å². The molecule has 0 aliphatic rings. The fourth-order valence-electron chi connectivity index (χ4n) is 2.99. The molecule has 0 heterocycles. The molecule has 0 radical (unpaired) electrons. The van der Waals surface area contributed by atoms with Crippen molar-refractivity contribution < 1.29 is 0 Å². The van der Waals surface area contributed by atoms with Crippen LogP contribution in [-0.2, 0) is 6.42 Å². The maximum absolute atomic E-state index is 3.42. The zero-order valence-corrected chi connectivity index (χ0v) is 13.5. The van der Waals surface area contributed by atoms with Crippen LogP contribution in [0.15, 0.2) is 18.2 Å². The minimum Gasteiger partial charge on any atom is -0.319 e. The lowest BCUT2D eigenvalue weighted by Gasteiger charge is -2.34. The van der Waals surface area contributed by atoms with Gasteiger partial charge in [-0.1, -0.05) is 50.5 Å². The predicted molar refractivity (Wildman–Crippen MR) is 85.8 cm³/mol. The van der Waals surface area contributed by atoms with Crippen LogP contribution in [0.3, 0.4) is 0 Å². The molecule has 0 saturated heterocycles. The summed E-state index contributed by atoms with van der Waals surface area (Å²) in [5, 5.41) is 3.42. The summed E-state index contributed by atoms with van der Waals surface area (Å²) in [6, 6.07) is 6.86. The van der Waals surface area contributed by atoms with Crippen LogP contribution in [0.2, 0.25) is 0 Å². The van der Waals surface area contributed by atoms with Crippen molar-refractivity contribution in [1.82, 2.24) is 5.32 Å². The van der Waals surface area contributed by atoms with E-state index in [0.29, 0.717) is 5.41 Å². The summed E-state index contributed by atoms with van der Waals surface area (Å²) in [5.74, 6) is 0. The number of rotatable bonds is 8. The fourth-order valence-corrected chi connectivity index (χ4v) is 2.99. The molecule has 0 bridgehead atoms. The molecule has 19 heavy (non-hydrogen) atoms. The van der Waals surface area contributed by atoms with E-state index in [-0.39, 0.29) is 0 Å². The highest BCUT2D eigenvalue weighted by Crippen LogP contribution is 2.33. The van der Waals surface area contributed by atoms with Crippen LogP contribution in [0, 0.1) is 19.3 Å². The van der Waals surface area contributed by atoms with Crippen molar-refractivity contribution in [2.45, 2.75) is 59.8 Å². The average molecular weight is 261 g/mol. The van der Waals surface area contributed by atoms with Gasteiger partial charge in [0.15, 0.2) is 0 Å². The molecule has 1 N–H and O–H groups in total. The lowest BCUT2D eigenvalue weighted by Crippen LogP contribution is -2.34. The van der Waals surface area contributed by atoms with Crippen molar-refractivity contribution in [2.75, 3.05) is 13.6 Å². The van der Waals surface area contributed by atoms with E-state index in [4.69, 9.17) is 0 Å². The van der Waals surface area contributed by atoms with E-state index < -0.39 is 0 Å². The third kappa shape index (κ3) is 4.65. The second kappa shape index (κ2) is 7.69. The van der Waals surface area contributed by atoms with Crippen LogP contribution in [0.5, 0.6) is 0 Å². The van der Waals surface area contributed by atoms with Gasteiger partial charge in [-0.05, 0) is 56.7 Å². The van der Waals surface area contributed by atoms with Crippen molar-refractivity contribution >= 4 is 0 Å². The van der Waals surface area contributed by atoms with Gasteiger partial charge >= 0.3 is 0 Å². The number of hydrogen-bond acceptors (Lipinski definition) is 1. The van der Waals surface area contributed by atoms with Crippen LogP contribution < -0.4 is 5.32 Å². The van der Waals surface area contributed by atoms with E-state index in [1.165, 1.54) is 48.8 Å². The van der Waals surface area contributed by atoms with Crippen molar-refractivity contribution in [2.24, 2.45) is 5.41 Å². The second-order valence-corrected chi connectivity index (χ2v) is 6.09. The molecule has 108 valence electrons. The molecule has 1 rings (SSSR count). The minimum atomic E-state index is 0.420. The summed E-state index contributed by atoms with van der Waals surface area (Å²) in [5.41, 5.74) is 4.78. The Bertz CT molecular complexity index is 383. The van der Waals surface area contributed by atoms with Gasteiger partial charge in [-0.25, -0.2) is 0 Å². The van der Waals surface area contributed by atoms with Gasteiger partial charge in [-0.3, -0.25) is 0 Å². The Morgan fingerprint density at radius 1 is 1.16 bits per heavy atom. The third-order valence-electron chi connectivity index (χ3n) is 4.43. The van der Waals surface area contributed by atoms with E-state index in [2.05, 4.69) is 58.3 Å². The third-order valence-corrected chi connectivity index (χ3v) is 4.43. The van der Waals surface area contributed by atoms with Gasteiger partial charge < -0.3 is 5.32 Å². The standard InChI is InChI=1S/C18H31N/c1-6-8-11-18(7-2,14-19-5)13-17-12-15(3)9-10-16(17)4/h9-10,12,19H,6-8,11,13-14H2,1-5H3. The molecule has 0 spiro atoms. The van der Waals surface area contributed by atoms with Gasteiger partial charge in [0, 0.05) is 6.54 Å². The number of nitrogens with one attached hydrogen (secondary N) is 1. The lowest BCUT2D eigenvalue weighted by atomic mass is 9.74. The van der Waals surface area contributed by atoms with Crippen LogP contribution >= 0.6 is 0 Å². The molecular formula is C18H31N. The highest BCUT2D eigenvalue weighted by atomic mass is 14.8. The van der Waals surface area contributed by atoms with E-state index in [9.17, 15) is 0 Å². The molecule has 1 nitrogen and oxygen atoms in total. The van der Waals surface area contributed by atoms with E-state index >= 15 is 0 Å². The van der Waals surface area contributed by atoms with E-state index in [1.807, 2.05) is 0 Å². The van der Waals surface area contributed by atoms with Gasteiger partial charge in [0.25, 0.3) is 0 Å². The Kier molecular flexibility index (Phi) is 6.57. The lowest BCUT2D eigenvalue weighted by molar-refractivity contribution is 0.234. The summed E-state index contributed by atoms with van der Waals surface area (Å²) in [6.07, 6.45) is 6.41. The van der Waals surface area contributed by atoms with E-state index in [0.717, 1.165) is 6.54 Å². The van der Waals surface area contributed by atoms with Gasteiger partial charge in [-0.15, -0.1) is 0 Å². The normalized spacial score (nSPS) is 14.4. The SMILES string of the molecule is CCCCC(CC)(CNC)Cc1cc(C)ccc1C. The first-order valence-electron chi connectivity index (χ1n) is 7.77. The molecule has 0 aromatic heterocycles. The number of aryl methyl sites for hydroxylation is 2. The number of benzene rings is 1. The molecular weight excluding hydrogens is 230 g/mol. The molecule has 1 atom stereocenters. The Morgan fingerprint density at radius 2 is 1.89 bits per heavy atom. The molecule has 0 aliphatic heterocycles. The van der Waals surface area contributed by atoms with Crippen molar-refractivity contribution in [3.05, 3.63) is 34.9 Å². The number of unbranched alkanes of at least 4 members (excludes halogenated alkanes) is 1. The Balaban J connectivity index is 2.94. The topological polar surface area (TPSA) is 12.0 Å². The molecule has 0 saturated carbocycles. The summed E-state index contributed by atoms with van der Waals surface area (Å²) >= 11 is 0. The van der Waals surface area contributed by atoms with Crippen molar-refractivity contribution in [1.29, 1.82) is 0 Å². The molecule has 1 heteroatoms. The Hall–Kier alpha value is -0.820. The van der Waals surface area contributed by atoms with Crippen LogP contribution in [0.4, 0.5) is 0 Å². The first-order chi connectivity index (χ1) is 9.06. The zero-order valence-electron chi connectivity index (χ0n) is 13.5. The molecule has 0 amide bonds. The van der Waals surface area contributed by atoms with Crippen LogP contribution in [-0.4, -0.2) is 13.6 Å². The van der Waals surface area contributed by atoms with Crippen molar-refractivity contribution in [3.8, 4) is 0 Å². The van der Waals surface area contributed by atoms with Gasteiger partial charge in [0.1, 0.15) is 0 Å². The largest absolute Gasteiger partial charge is 0.319 e. The highest BCUT2D eigenvalue weighted by Gasteiger charge is 2.27. The molecule has 1 unspecified atom stereocenters. The summed E-state index contributed by atoms with van der Waals surface area (Å²) in [7, 11) is 2.08. The molecule has 1 aromatic carbocycles. The van der Waals surface area contributed by atoms with Crippen LogP contribution in [0.1, 0.15) is 56.2 Å².